The highest BCUT2D eigenvalue weighted by Crippen LogP contribution is 2.18. The highest BCUT2D eigenvalue weighted by atomic mass is 15.3. The van der Waals surface area contributed by atoms with Crippen LogP contribution in [0.2, 0.25) is 0 Å². The molecule has 0 aliphatic rings. The minimum absolute atomic E-state index is 0.328. The number of hydrogen-bond donors (Lipinski definition) is 3. The summed E-state index contributed by atoms with van der Waals surface area (Å²) in [6, 6.07) is 10.8. The topological polar surface area (TPSA) is 75.9 Å². The Kier molecular flexibility index (Phi) is 4.90. The van der Waals surface area contributed by atoms with E-state index in [4.69, 9.17) is 5.84 Å². The van der Waals surface area contributed by atoms with Crippen molar-refractivity contribution in [3.8, 4) is 0 Å². The van der Waals surface area contributed by atoms with E-state index < -0.39 is 0 Å². The Hall–Kier alpha value is -2.14. The van der Waals surface area contributed by atoms with Gasteiger partial charge < -0.3 is 10.7 Å². The molecule has 0 saturated carbocycles. The first-order valence-electron chi connectivity index (χ1n) is 6.79. The molecule has 106 valence electrons. The summed E-state index contributed by atoms with van der Waals surface area (Å²) in [6.07, 6.45) is 3.59. The molecule has 1 heterocycles. The summed E-state index contributed by atoms with van der Waals surface area (Å²) < 4.78 is 0. The second-order valence-corrected chi connectivity index (χ2v) is 4.91. The second-order valence-electron chi connectivity index (χ2n) is 4.91. The number of rotatable bonds is 6. The highest BCUT2D eigenvalue weighted by molar-refractivity contribution is 5.56. The Balaban J connectivity index is 1.93. The van der Waals surface area contributed by atoms with Crippen LogP contribution in [-0.2, 0) is 6.42 Å². The smallest absolute Gasteiger partial charge is 0.148 e. The predicted molar refractivity (Wildman–Crippen MR) is 82.4 cm³/mol. The maximum absolute atomic E-state index is 5.42. The zero-order chi connectivity index (χ0) is 14.4. The minimum Gasteiger partial charge on any atom is -0.367 e. The lowest BCUT2D eigenvalue weighted by molar-refractivity contribution is 0.701. The molecule has 2 aromatic rings. The summed E-state index contributed by atoms with van der Waals surface area (Å²) in [5.74, 6) is 6.90. The van der Waals surface area contributed by atoms with Gasteiger partial charge in [-0.2, -0.15) is 0 Å². The third-order valence-corrected chi connectivity index (χ3v) is 3.31. The number of benzene rings is 1. The first-order valence-corrected chi connectivity index (χ1v) is 6.79. The fourth-order valence-electron chi connectivity index (χ4n) is 2.07. The molecule has 2 rings (SSSR count). The second kappa shape index (κ2) is 6.86. The highest BCUT2D eigenvalue weighted by Gasteiger charge is 2.09. The van der Waals surface area contributed by atoms with Crippen molar-refractivity contribution in [2.24, 2.45) is 5.84 Å². The monoisotopic (exact) mass is 271 g/mol. The Morgan fingerprint density at radius 3 is 2.55 bits per heavy atom. The van der Waals surface area contributed by atoms with E-state index in [2.05, 4.69) is 51.9 Å². The average Bonchev–Trinajstić information content (AvgIpc) is 2.48. The van der Waals surface area contributed by atoms with E-state index in [-0.39, 0.29) is 0 Å². The van der Waals surface area contributed by atoms with Crippen molar-refractivity contribution in [2.75, 3.05) is 10.7 Å². The van der Waals surface area contributed by atoms with Crippen molar-refractivity contribution >= 4 is 11.6 Å². The van der Waals surface area contributed by atoms with Crippen LogP contribution in [0.25, 0.3) is 0 Å². The number of nitrogens with one attached hydrogen (secondary N) is 2. The lowest BCUT2D eigenvalue weighted by Crippen LogP contribution is -2.19. The number of anilines is 2. The van der Waals surface area contributed by atoms with Crippen molar-refractivity contribution < 1.29 is 0 Å². The summed E-state index contributed by atoms with van der Waals surface area (Å²) in [5, 5.41) is 3.41. The van der Waals surface area contributed by atoms with Gasteiger partial charge >= 0.3 is 0 Å². The molecule has 0 radical (unpaired) electrons. The molecular formula is C15H21N5. The number of hydrogen-bond acceptors (Lipinski definition) is 5. The van der Waals surface area contributed by atoms with E-state index in [9.17, 15) is 0 Å². The maximum atomic E-state index is 5.42. The molecule has 0 aliphatic carbocycles. The fraction of sp³-hybridized carbons (Fsp3) is 0.333. The molecule has 4 N–H and O–H groups in total. The van der Waals surface area contributed by atoms with E-state index in [0.717, 1.165) is 24.2 Å². The molecule has 0 fully saturated rings. The van der Waals surface area contributed by atoms with E-state index in [1.807, 2.05) is 13.0 Å². The van der Waals surface area contributed by atoms with Gasteiger partial charge in [0.25, 0.3) is 0 Å². The number of nitrogen functional groups attached to an aromatic ring is 1. The van der Waals surface area contributed by atoms with E-state index in [0.29, 0.717) is 11.9 Å². The van der Waals surface area contributed by atoms with Crippen LogP contribution in [-0.4, -0.2) is 16.0 Å². The van der Waals surface area contributed by atoms with Gasteiger partial charge in [-0.15, -0.1) is 0 Å². The minimum atomic E-state index is 0.328. The van der Waals surface area contributed by atoms with Gasteiger partial charge in [-0.1, -0.05) is 30.3 Å². The van der Waals surface area contributed by atoms with Gasteiger partial charge in [0.2, 0.25) is 0 Å². The van der Waals surface area contributed by atoms with Gasteiger partial charge in [-0.05, 0) is 32.3 Å². The van der Waals surface area contributed by atoms with Crippen molar-refractivity contribution in [1.29, 1.82) is 0 Å². The lowest BCUT2D eigenvalue weighted by Gasteiger charge is -2.17. The summed E-state index contributed by atoms with van der Waals surface area (Å²) in [6.45, 7) is 4.10. The van der Waals surface area contributed by atoms with Gasteiger partial charge in [-0.3, -0.25) is 0 Å². The third kappa shape index (κ3) is 3.68. The summed E-state index contributed by atoms with van der Waals surface area (Å²) >= 11 is 0. The van der Waals surface area contributed by atoms with Gasteiger partial charge in [0, 0.05) is 11.6 Å². The van der Waals surface area contributed by atoms with E-state index >= 15 is 0 Å². The van der Waals surface area contributed by atoms with Crippen molar-refractivity contribution in [3.05, 3.63) is 47.8 Å². The molecule has 20 heavy (non-hydrogen) atoms. The first kappa shape index (κ1) is 14.3. The molecule has 0 spiro atoms. The molecule has 1 unspecified atom stereocenters. The third-order valence-electron chi connectivity index (χ3n) is 3.31. The lowest BCUT2D eigenvalue weighted by atomic mass is 10.1. The largest absolute Gasteiger partial charge is 0.367 e. The standard InChI is InChI=1S/C15H21N5/c1-11(8-9-13-6-4-3-5-7-13)19-14-12(2)15(20-16)18-10-17-14/h3-7,10-11H,8-9,16H2,1-2H3,(H2,17,18,19,20). The molecular weight excluding hydrogens is 250 g/mol. The number of aromatic nitrogens is 2. The molecule has 1 aromatic heterocycles. The van der Waals surface area contributed by atoms with E-state index in [1.165, 1.54) is 11.9 Å². The Morgan fingerprint density at radius 1 is 1.15 bits per heavy atom. The van der Waals surface area contributed by atoms with Crippen molar-refractivity contribution in [3.63, 3.8) is 0 Å². The quantitative estimate of drug-likeness (QED) is 0.556. The van der Waals surface area contributed by atoms with Crippen LogP contribution in [0, 0.1) is 6.92 Å². The Morgan fingerprint density at radius 2 is 1.85 bits per heavy atom. The number of hydrazine groups is 1. The van der Waals surface area contributed by atoms with Crippen LogP contribution in [0.4, 0.5) is 11.6 Å². The van der Waals surface area contributed by atoms with Crippen LogP contribution in [0.15, 0.2) is 36.7 Å². The van der Waals surface area contributed by atoms with Crippen molar-refractivity contribution in [2.45, 2.75) is 32.7 Å². The molecule has 1 atom stereocenters. The van der Waals surface area contributed by atoms with Crippen LogP contribution < -0.4 is 16.6 Å². The van der Waals surface area contributed by atoms with Crippen molar-refractivity contribution in [1.82, 2.24) is 9.97 Å². The average molecular weight is 271 g/mol. The van der Waals surface area contributed by atoms with E-state index in [1.54, 1.807) is 0 Å². The summed E-state index contributed by atoms with van der Waals surface area (Å²) in [5.41, 5.74) is 4.86. The van der Waals surface area contributed by atoms with Crippen LogP contribution in [0.1, 0.15) is 24.5 Å². The Labute approximate surface area is 119 Å². The van der Waals surface area contributed by atoms with Gasteiger partial charge in [0.05, 0.1) is 0 Å². The zero-order valence-electron chi connectivity index (χ0n) is 11.9. The SMILES string of the molecule is Cc1c(NN)ncnc1NC(C)CCc1ccccc1. The van der Waals surface area contributed by atoms with Gasteiger partial charge in [0.15, 0.2) is 0 Å². The van der Waals surface area contributed by atoms with Crippen LogP contribution in [0.3, 0.4) is 0 Å². The molecule has 0 bridgehead atoms. The summed E-state index contributed by atoms with van der Waals surface area (Å²) in [4.78, 5) is 8.34. The Bertz CT molecular complexity index is 541. The van der Waals surface area contributed by atoms with Crippen LogP contribution in [0.5, 0.6) is 0 Å². The molecule has 5 heteroatoms. The number of nitrogens with zero attached hydrogens (tertiary/aromatic N) is 2. The molecule has 5 nitrogen and oxygen atoms in total. The molecule has 0 saturated heterocycles. The van der Waals surface area contributed by atoms with Gasteiger partial charge in [0.1, 0.15) is 18.0 Å². The molecule has 0 amide bonds. The molecule has 0 aliphatic heterocycles. The van der Waals surface area contributed by atoms with Gasteiger partial charge in [-0.25, -0.2) is 15.8 Å². The number of aryl methyl sites for hydroxylation is 1. The zero-order valence-corrected chi connectivity index (χ0v) is 11.9. The maximum Gasteiger partial charge on any atom is 0.148 e. The fourth-order valence-corrected chi connectivity index (χ4v) is 2.07. The molecule has 1 aromatic carbocycles. The van der Waals surface area contributed by atoms with Crippen LogP contribution >= 0.6 is 0 Å². The first-order chi connectivity index (χ1) is 9.70. The summed E-state index contributed by atoms with van der Waals surface area (Å²) in [7, 11) is 0. The number of nitrogens with two attached hydrogens (primary N) is 1. The normalized spacial score (nSPS) is 11.9. The predicted octanol–water partition coefficient (Wildman–Crippen LogP) is 2.50.